The lowest BCUT2D eigenvalue weighted by Gasteiger charge is -2.07. The van der Waals surface area contributed by atoms with E-state index in [9.17, 15) is 0 Å². The third-order valence-corrected chi connectivity index (χ3v) is 2.76. The van der Waals surface area contributed by atoms with Gasteiger partial charge in [0.25, 0.3) is 0 Å². The van der Waals surface area contributed by atoms with E-state index in [2.05, 4.69) is 27.2 Å². The van der Waals surface area contributed by atoms with Crippen molar-refractivity contribution in [3.05, 3.63) is 41.3 Å². The fourth-order valence-corrected chi connectivity index (χ4v) is 1.90. The Bertz CT molecular complexity index is 552. The third-order valence-electron chi connectivity index (χ3n) is 2.76. The van der Waals surface area contributed by atoms with Crippen LogP contribution in [0, 0.1) is 13.8 Å². The molecule has 0 radical (unpaired) electrons. The van der Waals surface area contributed by atoms with Gasteiger partial charge in [0.05, 0.1) is 5.69 Å². The van der Waals surface area contributed by atoms with Gasteiger partial charge >= 0.3 is 0 Å². The normalized spacial score (nSPS) is 10.7. The summed E-state index contributed by atoms with van der Waals surface area (Å²) in [5.41, 5.74) is 3.80. The summed E-state index contributed by atoms with van der Waals surface area (Å²) in [5.74, 6) is 0.706. The summed E-state index contributed by atoms with van der Waals surface area (Å²) in [6.45, 7) is 7.89. The molecule has 4 nitrogen and oxygen atoms in total. The second kappa shape index (κ2) is 6.38. The number of nitrogens with zero attached hydrogens (tertiary/aromatic N) is 3. The standard InChI is InChI=1S/C15H20N4/c1-4-8-16-10-13-9-12(3)18-15(19-13)14-7-5-6-11(2)17-14/h5-7,9,16H,4,8,10H2,1-3H3. The van der Waals surface area contributed by atoms with Crippen LogP contribution in [0.2, 0.25) is 0 Å². The maximum Gasteiger partial charge on any atom is 0.178 e. The molecule has 2 heterocycles. The Morgan fingerprint density at radius 2 is 1.89 bits per heavy atom. The van der Waals surface area contributed by atoms with Crippen molar-refractivity contribution in [3.63, 3.8) is 0 Å². The Hall–Kier alpha value is -1.81. The van der Waals surface area contributed by atoms with Crippen LogP contribution in [0.3, 0.4) is 0 Å². The second-order valence-electron chi connectivity index (χ2n) is 4.67. The summed E-state index contributed by atoms with van der Waals surface area (Å²) < 4.78 is 0. The SMILES string of the molecule is CCCNCc1cc(C)nc(-c2cccc(C)n2)n1. The van der Waals surface area contributed by atoms with Crippen LogP contribution in [0.5, 0.6) is 0 Å². The molecule has 0 aliphatic heterocycles. The Morgan fingerprint density at radius 1 is 1.05 bits per heavy atom. The number of aromatic nitrogens is 3. The van der Waals surface area contributed by atoms with Gasteiger partial charge in [-0.25, -0.2) is 15.0 Å². The first-order chi connectivity index (χ1) is 9.19. The largest absolute Gasteiger partial charge is 0.311 e. The van der Waals surface area contributed by atoms with Gasteiger partial charge in [0.15, 0.2) is 5.82 Å². The second-order valence-corrected chi connectivity index (χ2v) is 4.67. The number of hydrogen-bond acceptors (Lipinski definition) is 4. The average molecular weight is 256 g/mol. The number of pyridine rings is 1. The molecular weight excluding hydrogens is 236 g/mol. The molecule has 0 aliphatic carbocycles. The van der Waals surface area contributed by atoms with Crippen LogP contribution in [0.4, 0.5) is 0 Å². The van der Waals surface area contributed by atoms with Gasteiger partial charge in [-0.05, 0) is 45.0 Å². The van der Waals surface area contributed by atoms with Gasteiger partial charge in [-0.1, -0.05) is 13.0 Å². The monoisotopic (exact) mass is 256 g/mol. The van der Waals surface area contributed by atoms with Crippen LogP contribution in [0.1, 0.15) is 30.4 Å². The first kappa shape index (κ1) is 13.6. The molecule has 0 aromatic carbocycles. The van der Waals surface area contributed by atoms with E-state index < -0.39 is 0 Å². The van der Waals surface area contributed by atoms with Crippen LogP contribution in [0.25, 0.3) is 11.5 Å². The highest BCUT2D eigenvalue weighted by Gasteiger charge is 2.06. The molecule has 0 unspecified atom stereocenters. The number of rotatable bonds is 5. The van der Waals surface area contributed by atoms with Crippen LogP contribution < -0.4 is 5.32 Å². The van der Waals surface area contributed by atoms with Crippen molar-refractivity contribution in [2.75, 3.05) is 6.54 Å². The molecule has 0 bridgehead atoms. The zero-order valence-corrected chi connectivity index (χ0v) is 11.8. The van der Waals surface area contributed by atoms with Crippen molar-refractivity contribution < 1.29 is 0 Å². The van der Waals surface area contributed by atoms with Gasteiger partial charge in [0.2, 0.25) is 0 Å². The van der Waals surface area contributed by atoms with Crippen molar-refractivity contribution in [1.29, 1.82) is 0 Å². The molecule has 0 atom stereocenters. The summed E-state index contributed by atoms with van der Waals surface area (Å²) in [5, 5.41) is 3.36. The van der Waals surface area contributed by atoms with Crippen LogP contribution in [0.15, 0.2) is 24.3 Å². The molecule has 2 rings (SSSR count). The van der Waals surface area contributed by atoms with Gasteiger partial charge in [-0.15, -0.1) is 0 Å². The highest BCUT2D eigenvalue weighted by Crippen LogP contribution is 2.13. The highest BCUT2D eigenvalue weighted by molar-refractivity contribution is 5.49. The number of aryl methyl sites for hydroxylation is 2. The molecule has 2 aromatic heterocycles. The summed E-state index contributed by atoms with van der Waals surface area (Å²) in [6, 6.07) is 7.92. The molecule has 0 saturated carbocycles. The van der Waals surface area contributed by atoms with Crippen molar-refractivity contribution in [3.8, 4) is 11.5 Å². The predicted octanol–water partition coefficient (Wildman–Crippen LogP) is 2.66. The molecular formula is C15H20N4. The molecule has 4 heteroatoms. The molecule has 0 spiro atoms. The summed E-state index contributed by atoms with van der Waals surface area (Å²) in [6.07, 6.45) is 1.12. The minimum Gasteiger partial charge on any atom is -0.311 e. The van der Waals surface area contributed by atoms with Crippen molar-refractivity contribution in [1.82, 2.24) is 20.3 Å². The lowest BCUT2D eigenvalue weighted by Crippen LogP contribution is -2.15. The van der Waals surface area contributed by atoms with Crippen molar-refractivity contribution in [2.45, 2.75) is 33.7 Å². The van der Waals surface area contributed by atoms with Crippen LogP contribution >= 0.6 is 0 Å². The quantitative estimate of drug-likeness (QED) is 0.836. The number of hydrogen-bond donors (Lipinski definition) is 1. The minimum atomic E-state index is 0.706. The smallest absolute Gasteiger partial charge is 0.178 e. The topological polar surface area (TPSA) is 50.7 Å². The summed E-state index contributed by atoms with van der Waals surface area (Å²) in [4.78, 5) is 13.5. The Labute approximate surface area is 114 Å². The fraction of sp³-hybridized carbons (Fsp3) is 0.400. The van der Waals surface area contributed by atoms with Gasteiger partial charge in [-0.3, -0.25) is 0 Å². The lowest BCUT2D eigenvalue weighted by molar-refractivity contribution is 0.662. The maximum absolute atomic E-state index is 4.58. The molecule has 0 amide bonds. The van der Waals surface area contributed by atoms with Crippen LogP contribution in [-0.4, -0.2) is 21.5 Å². The third kappa shape index (κ3) is 3.83. The fourth-order valence-electron chi connectivity index (χ4n) is 1.90. The minimum absolute atomic E-state index is 0.706. The van der Waals surface area contributed by atoms with E-state index in [0.717, 1.165) is 42.3 Å². The van der Waals surface area contributed by atoms with E-state index in [4.69, 9.17) is 0 Å². The van der Waals surface area contributed by atoms with E-state index >= 15 is 0 Å². The Kier molecular flexibility index (Phi) is 4.58. The molecule has 100 valence electrons. The molecule has 2 aromatic rings. The van der Waals surface area contributed by atoms with Gasteiger partial charge in [0.1, 0.15) is 5.69 Å². The lowest BCUT2D eigenvalue weighted by atomic mass is 10.2. The van der Waals surface area contributed by atoms with Gasteiger partial charge in [-0.2, -0.15) is 0 Å². The summed E-state index contributed by atoms with van der Waals surface area (Å²) in [7, 11) is 0. The van der Waals surface area contributed by atoms with E-state index in [-0.39, 0.29) is 0 Å². The van der Waals surface area contributed by atoms with Crippen molar-refractivity contribution >= 4 is 0 Å². The van der Waals surface area contributed by atoms with Crippen LogP contribution in [-0.2, 0) is 6.54 Å². The van der Waals surface area contributed by atoms with E-state index in [1.807, 2.05) is 38.1 Å². The predicted molar refractivity (Wildman–Crippen MR) is 76.7 cm³/mol. The van der Waals surface area contributed by atoms with Gasteiger partial charge < -0.3 is 5.32 Å². The highest BCUT2D eigenvalue weighted by atomic mass is 15.0. The molecule has 0 fully saturated rings. The molecule has 19 heavy (non-hydrogen) atoms. The van der Waals surface area contributed by atoms with E-state index in [0.29, 0.717) is 5.82 Å². The zero-order chi connectivity index (χ0) is 13.7. The molecule has 1 N–H and O–H groups in total. The van der Waals surface area contributed by atoms with Crippen molar-refractivity contribution in [2.24, 2.45) is 0 Å². The first-order valence-corrected chi connectivity index (χ1v) is 6.68. The van der Waals surface area contributed by atoms with E-state index in [1.165, 1.54) is 0 Å². The molecule has 0 saturated heterocycles. The molecule has 0 aliphatic rings. The van der Waals surface area contributed by atoms with Gasteiger partial charge in [0, 0.05) is 17.9 Å². The maximum atomic E-state index is 4.58. The Morgan fingerprint density at radius 3 is 2.63 bits per heavy atom. The zero-order valence-electron chi connectivity index (χ0n) is 11.8. The number of nitrogens with one attached hydrogen (secondary N) is 1. The first-order valence-electron chi connectivity index (χ1n) is 6.68. The summed E-state index contributed by atoms with van der Waals surface area (Å²) >= 11 is 0. The van der Waals surface area contributed by atoms with E-state index in [1.54, 1.807) is 0 Å². The average Bonchev–Trinajstić information content (AvgIpc) is 2.38. The Balaban J connectivity index is 2.26.